The van der Waals surface area contributed by atoms with Gasteiger partial charge in [-0.05, 0) is 44.5 Å². The van der Waals surface area contributed by atoms with Crippen molar-refractivity contribution in [2.45, 2.75) is 31.5 Å². The summed E-state index contributed by atoms with van der Waals surface area (Å²) in [5.74, 6) is 0. The monoisotopic (exact) mass is 311 g/mol. The highest BCUT2D eigenvalue weighted by atomic mass is 32.2. The Bertz CT molecular complexity index is 736. The number of hydrogen-bond acceptors (Lipinski definition) is 5. The smallest absolute Gasteiger partial charge is 0.271 e. The minimum atomic E-state index is -3.59. The maximum atomic E-state index is 12.4. The first-order valence-electron chi connectivity index (χ1n) is 6.10. The molecule has 0 atom stereocenters. The van der Waals surface area contributed by atoms with E-state index >= 15 is 0 Å². The number of aromatic nitrogens is 1. The lowest BCUT2D eigenvalue weighted by molar-refractivity contribution is 0.603. The number of pyridine rings is 1. The molecule has 0 unspecified atom stereocenters. The summed E-state index contributed by atoms with van der Waals surface area (Å²) in [6, 6.07) is 5.14. The Hall–Kier alpha value is -1.44. The van der Waals surface area contributed by atoms with Crippen LogP contribution in [0.1, 0.15) is 21.8 Å². The highest BCUT2D eigenvalue weighted by Crippen LogP contribution is 2.27. The highest BCUT2D eigenvalue weighted by Gasteiger charge is 2.19. The molecule has 2 heterocycles. The van der Waals surface area contributed by atoms with E-state index < -0.39 is 10.0 Å². The zero-order valence-corrected chi connectivity index (χ0v) is 13.2. The van der Waals surface area contributed by atoms with Crippen LogP contribution < -0.4 is 10.5 Å². The molecule has 0 spiro atoms. The number of rotatable bonds is 4. The van der Waals surface area contributed by atoms with Gasteiger partial charge in [0.2, 0.25) is 0 Å². The first kappa shape index (κ1) is 15.0. The van der Waals surface area contributed by atoms with Crippen LogP contribution in [0.2, 0.25) is 0 Å². The van der Waals surface area contributed by atoms with Crippen LogP contribution in [0, 0.1) is 20.8 Å². The normalized spacial score (nSPS) is 11.6. The van der Waals surface area contributed by atoms with Gasteiger partial charge in [-0.15, -0.1) is 11.3 Å². The molecule has 0 bridgehead atoms. The second-order valence-corrected chi connectivity index (χ2v) is 7.61. The predicted molar refractivity (Wildman–Crippen MR) is 81.5 cm³/mol. The summed E-state index contributed by atoms with van der Waals surface area (Å²) in [4.78, 5) is 5.13. The van der Waals surface area contributed by atoms with Gasteiger partial charge in [0.25, 0.3) is 10.0 Å². The van der Waals surface area contributed by atoms with E-state index in [1.54, 1.807) is 25.1 Å². The fraction of sp³-hybridized carbons (Fsp3) is 0.308. The largest absolute Gasteiger partial charge is 0.326 e. The van der Waals surface area contributed by atoms with Crippen LogP contribution in [0.5, 0.6) is 0 Å². The van der Waals surface area contributed by atoms with Crippen molar-refractivity contribution in [2.24, 2.45) is 5.73 Å². The highest BCUT2D eigenvalue weighted by molar-refractivity contribution is 7.94. The average Bonchev–Trinajstić information content (AvgIpc) is 2.75. The maximum Gasteiger partial charge on any atom is 0.271 e. The summed E-state index contributed by atoms with van der Waals surface area (Å²) in [6.45, 7) is 5.84. The summed E-state index contributed by atoms with van der Waals surface area (Å²) in [6.07, 6.45) is 0. The molecule has 3 N–H and O–H groups in total. The molecular formula is C13H17N3O2S2. The Morgan fingerprint density at radius 1 is 1.30 bits per heavy atom. The number of sulfonamides is 1. The van der Waals surface area contributed by atoms with E-state index in [9.17, 15) is 8.42 Å². The third kappa shape index (κ3) is 3.00. The number of nitrogens with two attached hydrogens (primary N) is 1. The Labute approximate surface area is 122 Å². The van der Waals surface area contributed by atoms with Gasteiger partial charge in [-0.2, -0.15) is 0 Å². The minimum absolute atomic E-state index is 0.274. The molecule has 0 fully saturated rings. The number of aryl methyl sites for hydroxylation is 3. The number of nitrogens with one attached hydrogen (secondary N) is 1. The lowest BCUT2D eigenvalue weighted by Crippen LogP contribution is -2.13. The predicted octanol–water partition coefficient (Wildman–Crippen LogP) is 2.33. The van der Waals surface area contributed by atoms with Gasteiger partial charge in [0.15, 0.2) is 0 Å². The second kappa shape index (κ2) is 5.51. The van der Waals surface area contributed by atoms with Crippen molar-refractivity contribution >= 4 is 27.0 Å². The minimum Gasteiger partial charge on any atom is -0.326 e. The number of thiophene rings is 1. The SMILES string of the molecule is Cc1ccc(NS(=O)(=O)c2cc(C)c(CN)s2)c(C)n1. The molecule has 0 radical (unpaired) electrons. The zero-order valence-electron chi connectivity index (χ0n) is 11.6. The third-order valence-electron chi connectivity index (χ3n) is 2.92. The van der Waals surface area contributed by atoms with Crippen LogP contribution in [0.15, 0.2) is 22.4 Å². The fourth-order valence-corrected chi connectivity index (χ4v) is 4.40. The quantitative estimate of drug-likeness (QED) is 0.907. The van der Waals surface area contributed by atoms with Crippen LogP contribution in [0.25, 0.3) is 0 Å². The van der Waals surface area contributed by atoms with Crippen molar-refractivity contribution in [1.82, 2.24) is 4.98 Å². The summed E-state index contributed by atoms with van der Waals surface area (Å²) in [7, 11) is -3.59. The van der Waals surface area contributed by atoms with E-state index in [2.05, 4.69) is 9.71 Å². The van der Waals surface area contributed by atoms with E-state index in [0.717, 1.165) is 16.1 Å². The Kier molecular flexibility index (Phi) is 4.12. The van der Waals surface area contributed by atoms with Gasteiger partial charge in [-0.3, -0.25) is 9.71 Å². The molecule has 0 saturated carbocycles. The number of hydrogen-bond donors (Lipinski definition) is 2. The molecule has 0 saturated heterocycles. The molecule has 2 aromatic heterocycles. The molecular weight excluding hydrogens is 294 g/mol. The molecule has 0 aliphatic heterocycles. The van der Waals surface area contributed by atoms with Crippen LogP contribution in [-0.4, -0.2) is 13.4 Å². The molecule has 2 rings (SSSR count). The van der Waals surface area contributed by atoms with Crippen molar-refractivity contribution in [3.8, 4) is 0 Å². The van der Waals surface area contributed by atoms with E-state index in [4.69, 9.17) is 5.73 Å². The van der Waals surface area contributed by atoms with E-state index in [0.29, 0.717) is 17.9 Å². The lowest BCUT2D eigenvalue weighted by Gasteiger charge is -2.09. The van der Waals surface area contributed by atoms with Crippen molar-refractivity contribution in [3.05, 3.63) is 40.0 Å². The first-order chi connectivity index (χ1) is 9.33. The number of nitrogens with zero attached hydrogens (tertiary/aromatic N) is 1. The van der Waals surface area contributed by atoms with Crippen molar-refractivity contribution in [2.75, 3.05) is 4.72 Å². The van der Waals surface area contributed by atoms with Crippen molar-refractivity contribution < 1.29 is 8.42 Å². The van der Waals surface area contributed by atoms with Gasteiger partial charge in [-0.1, -0.05) is 0 Å². The fourth-order valence-electron chi connectivity index (χ4n) is 1.81. The molecule has 7 heteroatoms. The maximum absolute atomic E-state index is 12.4. The van der Waals surface area contributed by atoms with Gasteiger partial charge < -0.3 is 5.73 Å². The van der Waals surface area contributed by atoms with Gasteiger partial charge in [0, 0.05) is 17.1 Å². The Morgan fingerprint density at radius 3 is 2.55 bits per heavy atom. The van der Waals surface area contributed by atoms with Gasteiger partial charge in [0.1, 0.15) is 4.21 Å². The summed E-state index contributed by atoms with van der Waals surface area (Å²) in [5.41, 5.74) is 8.49. The molecule has 0 aliphatic carbocycles. The zero-order chi connectivity index (χ0) is 14.9. The summed E-state index contributed by atoms with van der Waals surface area (Å²) in [5, 5.41) is 0. The van der Waals surface area contributed by atoms with Crippen molar-refractivity contribution in [3.63, 3.8) is 0 Å². The Balaban J connectivity index is 2.35. The molecule has 2 aromatic rings. The first-order valence-corrected chi connectivity index (χ1v) is 8.40. The summed E-state index contributed by atoms with van der Waals surface area (Å²) >= 11 is 1.20. The van der Waals surface area contributed by atoms with Gasteiger partial charge in [0.05, 0.1) is 11.4 Å². The third-order valence-corrected chi connectivity index (χ3v) is 6.02. The van der Waals surface area contributed by atoms with Gasteiger partial charge >= 0.3 is 0 Å². The van der Waals surface area contributed by atoms with Crippen LogP contribution in [-0.2, 0) is 16.6 Å². The molecule has 0 aliphatic rings. The lowest BCUT2D eigenvalue weighted by atomic mass is 10.3. The molecule has 20 heavy (non-hydrogen) atoms. The molecule has 0 amide bonds. The van der Waals surface area contributed by atoms with Crippen LogP contribution in [0.4, 0.5) is 5.69 Å². The van der Waals surface area contributed by atoms with Crippen LogP contribution >= 0.6 is 11.3 Å². The topological polar surface area (TPSA) is 85.1 Å². The standard InChI is InChI=1S/C13H17N3O2S2/c1-8-6-13(19-12(8)7-14)20(17,18)16-11-5-4-9(2)15-10(11)3/h4-6,16H,7,14H2,1-3H3. The Morgan fingerprint density at radius 2 is 2.00 bits per heavy atom. The number of anilines is 1. The van der Waals surface area contributed by atoms with Gasteiger partial charge in [-0.25, -0.2) is 8.42 Å². The van der Waals surface area contributed by atoms with E-state index in [1.807, 2.05) is 13.8 Å². The van der Waals surface area contributed by atoms with Crippen LogP contribution in [0.3, 0.4) is 0 Å². The molecule has 108 valence electrons. The molecule has 5 nitrogen and oxygen atoms in total. The second-order valence-electron chi connectivity index (χ2n) is 4.57. The van der Waals surface area contributed by atoms with E-state index in [-0.39, 0.29) is 4.21 Å². The molecule has 0 aromatic carbocycles. The summed E-state index contributed by atoms with van der Waals surface area (Å²) < 4.78 is 27.5. The average molecular weight is 311 g/mol. The van der Waals surface area contributed by atoms with E-state index in [1.165, 1.54) is 11.3 Å². The van der Waals surface area contributed by atoms with Crippen molar-refractivity contribution in [1.29, 1.82) is 0 Å².